The molecule has 0 unspecified atom stereocenters. The minimum atomic E-state index is -0.443. The van der Waals surface area contributed by atoms with Crippen LogP contribution in [-0.4, -0.2) is 20.2 Å². The summed E-state index contributed by atoms with van der Waals surface area (Å²) in [5, 5.41) is 0. The fourth-order valence-electron chi connectivity index (χ4n) is 4.02. The van der Waals surface area contributed by atoms with Crippen LogP contribution < -0.4 is 22.8 Å². The minimum absolute atomic E-state index is 0.369. The summed E-state index contributed by atoms with van der Waals surface area (Å²) in [4.78, 5) is 38.7. The molecule has 0 amide bonds. The van der Waals surface area contributed by atoms with Crippen LogP contribution in [-0.2, 0) is 19.6 Å². The van der Waals surface area contributed by atoms with Gasteiger partial charge in [-0.15, -0.1) is 11.8 Å². The third-order valence-electron chi connectivity index (χ3n) is 6.17. The molecule has 0 spiro atoms. The first-order valence-corrected chi connectivity index (χ1v) is 14.6. The Morgan fingerprint density at radius 2 is 0.806 bits per heavy atom. The van der Waals surface area contributed by atoms with E-state index in [1.54, 1.807) is 0 Å². The molecule has 0 aliphatic heterocycles. The molecular weight excluding hydrogens is 452 g/mol. The summed E-state index contributed by atoms with van der Waals surface area (Å²) < 4.78 is 3.86. The van der Waals surface area contributed by atoms with Gasteiger partial charge >= 0.3 is 17.1 Å². The molecule has 1 rings (SSSR count). The van der Waals surface area contributed by atoms with Crippen LogP contribution in [0.25, 0.3) is 0 Å². The Hall–Kier alpha value is -2.07. The average Bonchev–Trinajstić information content (AvgIpc) is 2.88. The molecule has 0 aromatic carbocycles. The van der Waals surface area contributed by atoms with E-state index in [0.29, 0.717) is 26.2 Å². The molecule has 0 radical (unpaired) electrons. The van der Waals surface area contributed by atoms with Crippen LogP contribution in [0.3, 0.4) is 0 Å². The lowest BCUT2D eigenvalue weighted by Crippen LogP contribution is -2.54. The lowest BCUT2D eigenvalue weighted by molar-refractivity contribution is 0.412. The number of nitrogens with two attached hydrogens (primary N) is 1. The first kappa shape index (κ1) is 33.9. The Kier molecular flexibility index (Phi) is 22.0. The molecule has 1 heterocycles. The largest absolute Gasteiger partial charge is 0.336 e. The molecular formula is C29H54N4O3. The summed E-state index contributed by atoms with van der Waals surface area (Å²) in [6, 6.07) is 0. The van der Waals surface area contributed by atoms with Gasteiger partial charge in [-0.2, -0.15) is 0 Å². The topological polar surface area (TPSA) is 92.0 Å². The summed E-state index contributed by atoms with van der Waals surface area (Å²) in [7, 11) is 0. The van der Waals surface area contributed by atoms with Gasteiger partial charge in [0.25, 0.3) is 0 Å². The van der Waals surface area contributed by atoms with Gasteiger partial charge in [-0.1, -0.05) is 91.9 Å². The van der Waals surface area contributed by atoms with Crippen LogP contribution >= 0.6 is 0 Å². The van der Waals surface area contributed by atoms with E-state index in [4.69, 9.17) is 5.73 Å². The van der Waals surface area contributed by atoms with Gasteiger partial charge in [0, 0.05) is 32.5 Å². The molecule has 7 nitrogen and oxygen atoms in total. The molecule has 0 fully saturated rings. The molecule has 0 saturated heterocycles. The van der Waals surface area contributed by atoms with Crippen molar-refractivity contribution < 1.29 is 0 Å². The van der Waals surface area contributed by atoms with Gasteiger partial charge in [-0.3, -0.25) is 0 Å². The van der Waals surface area contributed by atoms with Gasteiger partial charge in [-0.05, 0) is 32.2 Å². The van der Waals surface area contributed by atoms with E-state index in [-0.39, 0.29) is 0 Å². The maximum atomic E-state index is 12.9. The van der Waals surface area contributed by atoms with Crippen molar-refractivity contribution in [3.8, 4) is 11.8 Å². The van der Waals surface area contributed by atoms with Crippen molar-refractivity contribution in [1.82, 2.24) is 13.7 Å². The van der Waals surface area contributed by atoms with Gasteiger partial charge in [-0.25, -0.2) is 28.1 Å². The first-order chi connectivity index (χ1) is 17.5. The van der Waals surface area contributed by atoms with Crippen LogP contribution in [0.5, 0.6) is 0 Å². The van der Waals surface area contributed by atoms with Gasteiger partial charge in [0.1, 0.15) is 0 Å². The normalized spacial score (nSPS) is 10.5. The number of unbranched alkanes of at least 4 members (excludes halogenated alkanes) is 11. The Bertz CT molecular complexity index is 764. The van der Waals surface area contributed by atoms with E-state index in [2.05, 4.69) is 39.5 Å². The summed E-state index contributed by atoms with van der Waals surface area (Å²) in [5.41, 5.74) is 4.21. The number of hydrogen-bond donors (Lipinski definition) is 1. The molecule has 1 aromatic rings. The SMILES string of the molecule is CCC#CCC.CCCCCCCn1c(=O)n(CCCCCCC)c(=O)n(CCCCCCN)c1=O. The standard InChI is InChI=1S/C23H44N4O3.C6H10/c1-3-5-7-10-14-18-25-21(28)26(19-15-11-8-6-4-2)23(30)27(22(25)29)20-16-12-9-13-17-24;1-3-5-6-4-2/h3-20,24H2,1-2H3;3-4H2,1-2H3. The molecule has 0 aliphatic carbocycles. The van der Waals surface area contributed by atoms with Crippen molar-refractivity contribution in [3.63, 3.8) is 0 Å². The third-order valence-corrected chi connectivity index (χ3v) is 6.17. The predicted molar refractivity (Wildman–Crippen MR) is 153 cm³/mol. The monoisotopic (exact) mass is 506 g/mol. The second-order valence-corrected chi connectivity index (χ2v) is 9.39. The van der Waals surface area contributed by atoms with E-state index >= 15 is 0 Å². The van der Waals surface area contributed by atoms with Gasteiger partial charge in [0.2, 0.25) is 0 Å². The smallest absolute Gasteiger partial charge is 0.330 e. The maximum Gasteiger partial charge on any atom is 0.336 e. The maximum absolute atomic E-state index is 12.9. The molecule has 0 aliphatic rings. The molecule has 0 atom stereocenters. The lowest BCUT2D eigenvalue weighted by Gasteiger charge is -2.14. The zero-order chi connectivity index (χ0) is 27.0. The third kappa shape index (κ3) is 14.5. The second-order valence-electron chi connectivity index (χ2n) is 9.39. The molecule has 36 heavy (non-hydrogen) atoms. The molecule has 2 N–H and O–H groups in total. The molecule has 0 bridgehead atoms. The zero-order valence-electron chi connectivity index (χ0n) is 23.8. The van der Waals surface area contributed by atoms with E-state index in [9.17, 15) is 14.4 Å². The van der Waals surface area contributed by atoms with Gasteiger partial charge < -0.3 is 5.73 Å². The van der Waals surface area contributed by atoms with E-state index in [0.717, 1.165) is 89.9 Å². The Labute approximate surface area is 219 Å². The fraction of sp³-hybridized carbons (Fsp3) is 0.828. The number of nitrogens with zero attached hydrogens (tertiary/aromatic N) is 3. The molecule has 7 heteroatoms. The summed E-state index contributed by atoms with van der Waals surface area (Å²) in [6.45, 7) is 10.3. The highest BCUT2D eigenvalue weighted by molar-refractivity contribution is 4.96. The molecule has 208 valence electrons. The lowest BCUT2D eigenvalue weighted by atomic mass is 10.1. The quantitative estimate of drug-likeness (QED) is 0.212. The Morgan fingerprint density at radius 1 is 0.500 bits per heavy atom. The van der Waals surface area contributed by atoms with Crippen LogP contribution in [0.1, 0.15) is 130 Å². The van der Waals surface area contributed by atoms with Crippen LogP contribution in [0.2, 0.25) is 0 Å². The highest BCUT2D eigenvalue weighted by Crippen LogP contribution is 2.04. The zero-order valence-corrected chi connectivity index (χ0v) is 23.8. The number of rotatable bonds is 18. The predicted octanol–water partition coefficient (Wildman–Crippen LogP) is 5.44. The van der Waals surface area contributed by atoms with E-state index in [1.165, 1.54) is 26.5 Å². The van der Waals surface area contributed by atoms with Crippen LogP contribution in [0, 0.1) is 11.8 Å². The van der Waals surface area contributed by atoms with Crippen molar-refractivity contribution in [2.45, 2.75) is 150 Å². The minimum Gasteiger partial charge on any atom is -0.330 e. The number of hydrogen-bond acceptors (Lipinski definition) is 4. The van der Waals surface area contributed by atoms with Crippen molar-refractivity contribution in [3.05, 3.63) is 31.5 Å². The second kappa shape index (κ2) is 23.3. The summed E-state index contributed by atoms with van der Waals surface area (Å²) in [6.07, 6.45) is 16.0. The summed E-state index contributed by atoms with van der Waals surface area (Å²) >= 11 is 0. The number of aromatic nitrogens is 3. The Morgan fingerprint density at radius 3 is 1.08 bits per heavy atom. The molecule has 0 saturated carbocycles. The van der Waals surface area contributed by atoms with Crippen molar-refractivity contribution >= 4 is 0 Å². The van der Waals surface area contributed by atoms with Gasteiger partial charge in [0.05, 0.1) is 0 Å². The van der Waals surface area contributed by atoms with Crippen LogP contribution in [0.15, 0.2) is 14.4 Å². The molecule has 1 aromatic heterocycles. The van der Waals surface area contributed by atoms with E-state index < -0.39 is 17.1 Å². The highest BCUT2D eigenvalue weighted by atomic mass is 16.2. The highest BCUT2D eigenvalue weighted by Gasteiger charge is 2.15. The van der Waals surface area contributed by atoms with E-state index in [1.807, 2.05) is 0 Å². The van der Waals surface area contributed by atoms with Crippen molar-refractivity contribution in [2.24, 2.45) is 5.73 Å². The average molecular weight is 507 g/mol. The fourth-order valence-corrected chi connectivity index (χ4v) is 4.02. The Balaban J connectivity index is 0.00000181. The first-order valence-electron chi connectivity index (χ1n) is 14.6. The van der Waals surface area contributed by atoms with Crippen molar-refractivity contribution in [1.29, 1.82) is 0 Å². The summed E-state index contributed by atoms with van der Waals surface area (Å²) in [5.74, 6) is 5.90. The van der Waals surface area contributed by atoms with Gasteiger partial charge in [0.15, 0.2) is 0 Å². The van der Waals surface area contributed by atoms with Crippen LogP contribution in [0.4, 0.5) is 0 Å². The van der Waals surface area contributed by atoms with Crippen molar-refractivity contribution in [2.75, 3.05) is 6.54 Å².